The van der Waals surface area contributed by atoms with Gasteiger partial charge in [0.2, 0.25) is 5.91 Å². The van der Waals surface area contributed by atoms with E-state index in [1.54, 1.807) is 4.90 Å². The Bertz CT molecular complexity index is 490. The molecule has 1 aromatic carbocycles. The number of piperazine rings is 1. The number of benzene rings is 1. The Kier molecular flexibility index (Phi) is 5.02. The molecule has 1 heterocycles. The minimum Gasteiger partial charge on any atom is -0.347 e. The van der Waals surface area contributed by atoms with E-state index in [0.717, 1.165) is 24.7 Å². The van der Waals surface area contributed by atoms with Crippen molar-refractivity contribution in [1.82, 2.24) is 15.1 Å². The molecule has 1 unspecified atom stereocenters. The molecule has 0 aromatic heterocycles. The van der Waals surface area contributed by atoms with Gasteiger partial charge in [0.1, 0.15) is 6.04 Å². The van der Waals surface area contributed by atoms with Crippen molar-refractivity contribution in [3.05, 3.63) is 34.3 Å². The van der Waals surface area contributed by atoms with Crippen molar-refractivity contribution >= 4 is 17.5 Å². The summed E-state index contributed by atoms with van der Waals surface area (Å²) >= 11 is 6.00. The minimum absolute atomic E-state index is 0.0890. The van der Waals surface area contributed by atoms with Crippen molar-refractivity contribution < 1.29 is 4.79 Å². The van der Waals surface area contributed by atoms with Crippen molar-refractivity contribution in [2.75, 3.05) is 33.7 Å². The van der Waals surface area contributed by atoms with Crippen LogP contribution in [-0.2, 0) is 11.3 Å². The van der Waals surface area contributed by atoms with Crippen LogP contribution < -0.4 is 5.32 Å². The van der Waals surface area contributed by atoms with E-state index in [2.05, 4.69) is 23.2 Å². The van der Waals surface area contributed by atoms with Gasteiger partial charge in [-0.25, -0.2) is 0 Å². The van der Waals surface area contributed by atoms with Crippen molar-refractivity contribution in [2.24, 2.45) is 0 Å². The maximum atomic E-state index is 12.3. The molecule has 20 heavy (non-hydrogen) atoms. The first-order valence-corrected chi connectivity index (χ1v) is 7.28. The van der Waals surface area contributed by atoms with Gasteiger partial charge < -0.3 is 10.2 Å². The third kappa shape index (κ3) is 3.51. The summed E-state index contributed by atoms with van der Waals surface area (Å²) in [6, 6.07) is 5.85. The molecule has 0 spiro atoms. The van der Waals surface area contributed by atoms with Gasteiger partial charge >= 0.3 is 0 Å². The molecule has 2 rings (SSSR count). The van der Waals surface area contributed by atoms with Crippen LogP contribution in [0.3, 0.4) is 0 Å². The number of likely N-dealkylation sites (N-methyl/N-ethyl adjacent to an activating group) is 1. The lowest BCUT2D eigenvalue weighted by Gasteiger charge is -2.36. The summed E-state index contributed by atoms with van der Waals surface area (Å²) in [6.07, 6.45) is 0. The highest BCUT2D eigenvalue weighted by Gasteiger charge is 2.29. The van der Waals surface area contributed by atoms with Gasteiger partial charge in [0, 0.05) is 45.3 Å². The first-order chi connectivity index (χ1) is 9.49. The standard InChI is InChI=1S/C15H22ClN3O/c1-11-8-13(16)5-4-12(11)10-19-7-6-17-9-14(19)15(20)18(2)3/h4-5,8,14,17H,6-7,9-10H2,1-3H3. The number of hydrogen-bond acceptors (Lipinski definition) is 3. The van der Waals surface area contributed by atoms with Crippen LogP contribution in [0.4, 0.5) is 0 Å². The normalized spacial score (nSPS) is 19.9. The summed E-state index contributed by atoms with van der Waals surface area (Å²) in [5.41, 5.74) is 2.40. The number of nitrogens with zero attached hydrogens (tertiary/aromatic N) is 2. The van der Waals surface area contributed by atoms with Crippen LogP contribution in [-0.4, -0.2) is 55.5 Å². The maximum absolute atomic E-state index is 12.3. The summed E-state index contributed by atoms with van der Waals surface area (Å²) in [5, 5.41) is 4.06. The summed E-state index contributed by atoms with van der Waals surface area (Å²) < 4.78 is 0. The molecule has 4 nitrogen and oxygen atoms in total. The van der Waals surface area contributed by atoms with Gasteiger partial charge in [0.25, 0.3) is 0 Å². The minimum atomic E-state index is -0.0890. The average molecular weight is 296 g/mol. The number of carbonyl (C=O) groups excluding carboxylic acids is 1. The first kappa shape index (κ1) is 15.3. The fourth-order valence-corrected chi connectivity index (χ4v) is 2.76. The van der Waals surface area contributed by atoms with Crippen molar-refractivity contribution in [3.8, 4) is 0 Å². The van der Waals surface area contributed by atoms with E-state index in [-0.39, 0.29) is 11.9 Å². The summed E-state index contributed by atoms with van der Waals surface area (Å²) in [4.78, 5) is 16.2. The zero-order chi connectivity index (χ0) is 14.7. The Hall–Kier alpha value is -1.10. The molecule has 5 heteroatoms. The lowest BCUT2D eigenvalue weighted by atomic mass is 10.1. The Morgan fingerprint density at radius 3 is 2.90 bits per heavy atom. The predicted octanol–water partition coefficient (Wildman–Crippen LogP) is 1.51. The predicted molar refractivity (Wildman–Crippen MR) is 82.0 cm³/mol. The van der Waals surface area contributed by atoms with Crippen molar-refractivity contribution in [3.63, 3.8) is 0 Å². The van der Waals surface area contributed by atoms with E-state index >= 15 is 0 Å². The van der Waals surface area contributed by atoms with Gasteiger partial charge in [-0.05, 0) is 30.2 Å². The lowest BCUT2D eigenvalue weighted by molar-refractivity contribution is -0.135. The molecule has 110 valence electrons. The number of halogens is 1. The van der Waals surface area contributed by atoms with E-state index in [0.29, 0.717) is 6.54 Å². The number of amides is 1. The molecular formula is C15H22ClN3O. The monoisotopic (exact) mass is 295 g/mol. The van der Waals surface area contributed by atoms with Crippen LogP contribution in [0.1, 0.15) is 11.1 Å². The zero-order valence-electron chi connectivity index (χ0n) is 12.3. The third-order valence-corrected chi connectivity index (χ3v) is 3.99. The van der Waals surface area contributed by atoms with Gasteiger partial charge in [0.15, 0.2) is 0 Å². The molecule has 1 aliphatic heterocycles. The average Bonchev–Trinajstić information content (AvgIpc) is 2.41. The van der Waals surface area contributed by atoms with Crippen LogP contribution >= 0.6 is 11.6 Å². The number of nitrogens with one attached hydrogen (secondary N) is 1. The van der Waals surface area contributed by atoms with Crippen LogP contribution in [0.5, 0.6) is 0 Å². The second-order valence-electron chi connectivity index (χ2n) is 5.49. The van der Waals surface area contributed by atoms with E-state index in [1.807, 2.05) is 26.2 Å². The molecule has 1 atom stereocenters. The molecule has 1 aromatic rings. The molecular weight excluding hydrogens is 274 g/mol. The highest BCUT2D eigenvalue weighted by molar-refractivity contribution is 6.30. The summed E-state index contributed by atoms with van der Waals surface area (Å²) in [5.74, 6) is 0.156. The Labute approximate surface area is 125 Å². The van der Waals surface area contributed by atoms with Gasteiger partial charge in [-0.1, -0.05) is 17.7 Å². The van der Waals surface area contributed by atoms with E-state index < -0.39 is 0 Å². The van der Waals surface area contributed by atoms with Crippen LogP contribution in [0.25, 0.3) is 0 Å². The Morgan fingerprint density at radius 1 is 1.50 bits per heavy atom. The number of hydrogen-bond donors (Lipinski definition) is 1. The molecule has 1 N–H and O–H groups in total. The smallest absolute Gasteiger partial charge is 0.240 e. The largest absolute Gasteiger partial charge is 0.347 e. The maximum Gasteiger partial charge on any atom is 0.240 e. The lowest BCUT2D eigenvalue weighted by Crippen LogP contribution is -2.57. The molecule has 0 bridgehead atoms. The highest BCUT2D eigenvalue weighted by Crippen LogP contribution is 2.19. The summed E-state index contributed by atoms with van der Waals surface area (Å²) in [7, 11) is 3.62. The third-order valence-electron chi connectivity index (χ3n) is 3.76. The number of aryl methyl sites for hydroxylation is 1. The van der Waals surface area contributed by atoms with Crippen molar-refractivity contribution in [1.29, 1.82) is 0 Å². The SMILES string of the molecule is Cc1cc(Cl)ccc1CN1CCNCC1C(=O)N(C)C. The van der Waals surface area contributed by atoms with Gasteiger partial charge in [0.05, 0.1) is 0 Å². The van der Waals surface area contributed by atoms with Crippen molar-refractivity contribution in [2.45, 2.75) is 19.5 Å². The molecule has 0 aliphatic carbocycles. The van der Waals surface area contributed by atoms with E-state index in [1.165, 1.54) is 11.1 Å². The van der Waals surface area contributed by atoms with Gasteiger partial charge in [-0.2, -0.15) is 0 Å². The van der Waals surface area contributed by atoms with Crippen LogP contribution in [0.15, 0.2) is 18.2 Å². The zero-order valence-corrected chi connectivity index (χ0v) is 13.1. The first-order valence-electron chi connectivity index (χ1n) is 6.90. The molecule has 0 saturated carbocycles. The molecule has 0 radical (unpaired) electrons. The number of rotatable bonds is 3. The fourth-order valence-electron chi connectivity index (χ4n) is 2.53. The van der Waals surface area contributed by atoms with E-state index in [4.69, 9.17) is 11.6 Å². The van der Waals surface area contributed by atoms with Crippen LogP contribution in [0.2, 0.25) is 5.02 Å². The summed E-state index contributed by atoms with van der Waals surface area (Å²) in [6.45, 7) is 5.36. The van der Waals surface area contributed by atoms with E-state index in [9.17, 15) is 4.79 Å². The highest BCUT2D eigenvalue weighted by atomic mass is 35.5. The molecule has 1 aliphatic rings. The van der Waals surface area contributed by atoms with Gasteiger partial charge in [-0.15, -0.1) is 0 Å². The topological polar surface area (TPSA) is 35.6 Å². The quantitative estimate of drug-likeness (QED) is 0.918. The molecule has 1 saturated heterocycles. The number of carbonyl (C=O) groups is 1. The van der Waals surface area contributed by atoms with Gasteiger partial charge in [-0.3, -0.25) is 9.69 Å². The van der Waals surface area contributed by atoms with Crippen LogP contribution in [0, 0.1) is 6.92 Å². The molecule has 1 fully saturated rings. The Balaban J connectivity index is 2.14. The molecule has 1 amide bonds. The second-order valence-corrected chi connectivity index (χ2v) is 5.93. The second kappa shape index (κ2) is 6.57. The Morgan fingerprint density at radius 2 is 2.25 bits per heavy atom. The fraction of sp³-hybridized carbons (Fsp3) is 0.533.